The predicted octanol–water partition coefficient (Wildman–Crippen LogP) is 2.04. The summed E-state index contributed by atoms with van der Waals surface area (Å²) < 4.78 is 33.2. The smallest absolute Gasteiger partial charge is 0.254 e. The number of amides is 1. The summed E-state index contributed by atoms with van der Waals surface area (Å²) in [5.74, 6) is -0.251. The van der Waals surface area contributed by atoms with E-state index in [4.69, 9.17) is 4.74 Å². The van der Waals surface area contributed by atoms with Crippen LogP contribution in [0.4, 0.5) is 0 Å². The number of ether oxygens (including phenoxy) is 1. The third kappa shape index (κ3) is 2.78. The molecule has 7 nitrogen and oxygen atoms in total. The van der Waals surface area contributed by atoms with E-state index in [9.17, 15) is 18.0 Å². The highest BCUT2D eigenvalue weighted by Gasteiger charge is 2.56. The van der Waals surface area contributed by atoms with Gasteiger partial charge in [-0.2, -0.15) is 4.31 Å². The lowest BCUT2D eigenvalue weighted by atomic mass is 9.78. The number of hydrogen-bond acceptors (Lipinski definition) is 5. The van der Waals surface area contributed by atoms with Gasteiger partial charge in [-0.05, 0) is 25.1 Å². The van der Waals surface area contributed by atoms with E-state index in [-0.39, 0.29) is 35.4 Å². The molecule has 0 aliphatic carbocycles. The molecule has 0 saturated carbocycles. The maximum atomic E-state index is 13.4. The normalized spacial score (nSPS) is 24.8. The van der Waals surface area contributed by atoms with E-state index < -0.39 is 21.5 Å². The first-order valence-corrected chi connectivity index (χ1v) is 10.7. The van der Waals surface area contributed by atoms with Crippen molar-refractivity contribution in [2.45, 2.75) is 17.9 Å². The number of methoxy groups -OCH3 is 1. The molecule has 1 saturated heterocycles. The Morgan fingerprint density at radius 3 is 2.34 bits per heavy atom. The number of fused-ring (bicyclic) bond motifs is 2. The van der Waals surface area contributed by atoms with Gasteiger partial charge in [-0.25, -0.2) is 8.42 Å². The number of ketones is 1. The van der Waals surface area contributed by atoms with Crippen molar-refractivity contribution in [2.75, 3.05) is 27.2 Å². The number of carbonyl (C=O) groups is 2. The van der Waals surface area contributed by atoms with Crippen LogP contribution in [-0.2, 0) is 10.0 Å². The van der Waals surface area contributed by atoms with E-state index in [0.29, 0.717) is 11.1 Å². The standard InChI is InChI=1S/C21H22N2O5S/c1-21-13-23(29(26,27)17-11-7-6-10-16(17)28-3)12-18(21)22(2)20(25)15-9-5-4-8-14(15)19(21)24/h4-11,18H,12-13H2,1-3H3/t18-,21+/m1/s1. The van der Waals surface area contributed by atoms with Gasteiger partial charge < -0.3 is 9.64 Å². The van der Waals surface area contributed by atoms with Crippen LogP contribution in [0.1, 0.15) is 27.6 Å². The number of sulfonamides is 1. The molecule has 152 valence electrons. The van der Waals surface area contributed by atoms with Crippen LogP contribution in [0.2, 0.25) is 0 Å². The number of likely N-dealkylation sites (N-methyl/N-ethyl adjacent to an activating group) is 1. The summed E-state index contributed by atoms with van der Waals surface area (Å²) in [5, 5.41) is 0. The summed E-state index contributed by atoms with van der Waals surface area (Å²) in [6.07, 6.45) is 0. The molecule has 2 aliphatic rings. The Morgan fingerprint density at radius 1 is 1.03 bits per heavy atom. The fourth-order valence-corrected chi connectivity index (χ4v) is 6.07. The fraction of sp³-hybridized carbons (Fsp3) is 0.333. The Morgan fingerprint density at radius 2 is 1.66 bits per heavy atom. The number of para-hydroxylation sites is 1. The van der Waals surface area contributed by atoms with Gasteiger partial charge in [0.1, 0.15) is 10.6 Å². The Kier molecular flexibility index (Phi) is 4.51. The maximum absolute atomic E-state index is 13.4. The van der Waals surface area contributed by atoms with Crippen LogP contribution in [0.5, 0.6) is 5.75 Å². The highest BCUT2D eigenvalue weighted by atomic mass is 32.2. The average molecular weight is 414 g/mol. The lowest BCUT2D eigenvalue weighted by Gasteiger charge is -2.32. The molecule has 0 unspecified atom stereocenters. The average Bonchev–Trinajstić information content (AvgIpc) is 3.09. The summed E-state index contributed by atoms with van der Waals surface area (Å²) in [4.78, 5) is 28.0. The number of carbonyl (C=O) groups excluding carboxylic acids is 2. The number of hydrogen-bond donors (Lipinski definition) is 0. The molecule has 2 atom stereocenters. The zero-order valence-electron chi connectivity index (χ0n) is 16.5. The lowest BCUT2D eigenvalue weighted by Crippen LogP contribution is -2.48. The number of Topliss-reactive ketones (excluding diaryl/α,β-unsaturated/α-hetero) is 1. The molecule has 0 bridgehead atoms. The number of benzene rings is 2. The van der Waals surface area contributed by atoms with Crippen LogP contribution in [0.3, 0.4) is 0 Å². The Hall–Kier alpha value is -2.71. The molecule has 2 aromatic rings. The van der Waals surface area contributed by atoms with Gasteiger partial charge in [-0.15, -0.1) is 0 Å². The van der Waals surface area contributed by atoms with Crippen molar-refractivity contribution in [3.8, 4) is 5.75 Å². The van der Waals surface area contributed by atoms with Crippen LogP contribution in [0.15, 0.2) is 53.4 Å². The lowest BCUT2D eigenvalue weighted by molar-refractivity contribution is 0.0606. The minimum atomic E-state index is -3.91. The van der Waals surface area contributed by atoms with Crippen molar-refractivity contribution < 1.29 is 22.7 Å². The summed E-state index contributed by atoms with van der Waals surface area (Å²) in [6, 6.07) is 12.5. The summed E-state index contributed by atoms with van der Waals surface area (Å²) >= 11 is 0. The van der Waals surface area contributed by atoms with E-state index >= 15 is 0 Å². The van der Waals surface area contributed by atoms with E-state index in [1.807, 2.05) is 0 Å². The van der Waals surface area contributed by atoms with Gasteiger partial charge in [-0.1, -0.05) is 30.3 Å². The molecule has 1 fully saturated rings. The Bertz CT molecular complexity index is 1110. The highest BCUT2D eigenvalue weighted by molar-refractivity contribution is 7.89. The van der Waals surface area contributed by atoms with Gasteiger partial charge >= 0.3 is 0 Å². The third-order valence-corrected chi connectivity index (χ3v) is 7.86. The molecule has 2 heterocycles. The van der Waals surface area contributed by atoms with Gasteiger partial charge in [0.25, 0.3) is 5.91 Å². The molecule has 0 spiro atoms. The molecule has 0 aromatic heterocycles. The summed E-state index contributed by atoms with van der Waals surface area (Å²) in [5.41, 5.74) is -0.354. The second-order valence-corrected chi connectivity index (χ2v) is 9.58. The van der Waals surface area contributed by atoms with Crippen LogP contribution >= 0.6 is 0 Å². The van der Waals surface area contributed by atoms with Crippen LogP contribution in [0, 0.1) is 5.41 Å². The summed E-state index contributed by atoms with van der Waals surface area (Å²) in [6.45, 7) is 1.77. The highest BCUT2D eigenvalue weighted by Crippen LogP contribution is 2.43. The minimum absolute atomic E-state index is 0.0111. The van der Waals surface area contributed by atoms with Gasteiger partial charge in [-0.3, -0.25) is 9.59 Å². The Labute approximate surface area is 169 Å². The molecule has 1 amide bonds. The van der Waals surface area contributed by atoms with Crippen molar-refractivity contribution in [3.05, 3.63) is 59.7 Å². The first kappa shape index (κ1) is 19.6. The second kappa shape index (κ2) is 6.67. The third-order valence-electron chi connectivity index (χ3n) is 6.01. The van der Waals surface area contributed by atoms with E-state index in [2.05, 4.69) is 0 Å². The zero-order valence-corrected chi connectivity index (χ0v) is 17.3. The molecule has 0 radical (unpaired) electrons. The van der Waals surface area contributed by atoms with Crippen LogP contribution < -0.4 is 4.74 Å². The minimum Gasteiger partial charge on any atom is -0.495 e. The van der Waals surface area contributed by atoms with Gasteiger partial charge in [0.15, 0.2) is 5.78 Å². The fourth-order valence-electron chi connectivity index (χ4n) is 4.36. The van der Waals surface area contributed by atoms with Gasteiger partial charge in [0.05, 0.1) is 24.1 Å². The Balaban J connectivity index is 1.80. The second-order valence-electron chi connectivity index (χ2n) is 7.67. The van der Waals surface area contributed by atoms with E-state index in [1.54, 1.807) is 56.4 Å². The molecule has 4 rings (SSSR count). The SMILES string of the molecule is COc1ccccc1S(=O)(=O)N1C[C@H]2N(C)C(=O)c3ccccc3C(=O)[C@@]2(C)C1. The van der Waals surface area contributed by atoms with Crippen LogP contribution in [-0.4, -0.2) is 62.6 Å². The molecule has 29 heavy (non-hydrogen) atoms. The van der Waals surface area contributed by atoms with Crippen molar-refractivity contribution >= 4 is 21.7 Å². The molecule has 2 aromatic carbocycles. The molecule has 0 N–H and O–H groups in total. The first-order valence-electron chi connectivity index (χ1n) is 9.26. The van der Waals surface area contributed by atoms with E-state index in [1.165, 1.54) is 22.4 Å². The summed E-state index contributed by atoms with van der Waals surface area (Å²) in [7, 11) is -0.875. The quantitative estimate of drug-likeness (QED) is 0.768. The first-order chi connectivity index (χ1) is 13.7. The monoisotopic (exact) mass is 414 g/mol. The zero-order chi connectivity index (χ0) is 21.0. The number of nitrogens with zero attached hydrogens (tertiary/aromatic N) is 2. The predicted molar refractivity (Wildman–Crippen MR) is 107 cm³/mol. The maximum Gasteiger partial charge on any atom is 0.254 e. The van der Waals surface area contributed by atoms with Gasteiger partial charge in [0.2, 0.25) is 10.0 Å². The largest absolute Gasteiger partial charge is 0.495 e. The van der Waals surface area contributed by atoms with Crippen molar-refractivity contribution in [3.63, 3.8) is 0 Å². The van der Waals surface area contributed by atoms with Crippen molar-refractivity contribution in [2.24, 2.45) is 5.41 Å². The van der Waals surface area contributed by atoms with Crippen LogP contribution in [0.25, 0.3) is 0 Å². The molecule has 8 heteroatoms. The molecule has 2 aliphatic heterocycles. The molecular formula is C21H22N2O5S. The number of rotatable bonds is 3. The van der Waals surface area contributed by atoms with E-state index in [0.717, 1.165) is 0 Å². The van der Waals surface area contributed by atoms with Gasteiger partial charge in [0, 0.05) is 25.7 Å². The van der Waals surface area contributed by atoms with Crippen molar-refractivity contribution in [1.29, 1.82) is 0 Å². The van der Waals surface area contributed by atoms with Crippen molar-refractivity contribution in [1.82, 2.24) is 9.21 Å². The molecular weight excluding hydrogens is 392 g/mol. The topological polar surface area (TPSA) is 84.0 Å².